The first kappa shape index (κ1) is 13.1. The van der Waals surface area contributed by atoms with Crippen LogP contribution in [-0.4, -0.2) is 6.29 Å². The highest BCUT2D eigenvalue weighted by molar-refractivity contribution is 5.74. The molecule has 0 N–H and O–H groups in total. The van der Waals surface area contributed by atoms with Gasteiger partial charge in [-0.1, -0.05) is 0 Å². The van der Waals surface area contributed by atoms with Crippen molar-refractivity contribution < 1.29 is 22.7 Å². The van der Waals surface area contributed by atoms with E-state index in [1.54, 1.807) is 0 Å². The lowest BCUT2D eigenvalue weighted by Crippen LogP contribution is -2.01. The minimum absolute atomic E-state index is 0.0149. The second kappa shape index (κ2) is 5.56. The van der Waals surface area contributed by atoms with Crippen LogP contribution in [0.25, 0.3) is 0 Å². The van der Waals surface area contributed by atoms with Gasteiger partial charge in [-0.3, -0.25) is 4.79 Å². The van der Waals surface area contributed by atoms with Crippen molar-refractivity contribution in [3.05, 3.63) is 65.0 Å². The molecule has 0 aliphatic rings. The predicted octanol–water partition coefficient (Wildman–Crippen LogP) is 3.50. The van der Waals surface area contributed by atoms with Crippen LogP contribution in [0.4, 0.5) is 13.2 Å². The number of hydrogen-bond acceptors (Lipinski definition) is 2. The van der Waals surface area contributed by atoms with Crippen molar-refractivity contribution >= 4 is 6.29 Å². The van der Waals surface area contributed by atoms with E-state index in [4.69, 9.17) is 4.74 Å². The summed E-state index contributed by atoms with van der Waals surface area (Å²) < 4.78 is 44.7. The summed E-state index contributed by atoms with van der Waals surface area (Å²) in [6.45, 7) is -0.305. The zero-order valence-electron chi connectivity index (χ0n) is 9.70. The number of hydrogen-bond donors (Lipinski definition) is 0. The highest BCUT2D eigenvalue weighted by atomic mass is 19.1. The fourth-order valence-corrected chi connectivity index (χ4v) is 1.52. The van der Waals surface area contributed by atoms with Crippen LogP contribution in [0.3, 0.4) is 0 Å². The van der Waals surface area contributed by atoms with Crippen molar-refractivity contribution in [1.29, 1.82) is 0 Å². The Morgan fingerprint density at radius 1 is 1.00 bits per heavy atom. The molecule has 98 valence electrons. The van der Waals surface area contributed by atoms with Crippen LogP contribution >= 0.6 is 0 Å². The van der Waals surface area contributed by atoms with Crippen LogP contribution in [0.1, 0.15) is 15.9 Å². The summed E-state index contributed by atoms with van der Waals surface area (Å²) in [5, 5.41) is 0. The Morgan fingerprint density at radius 3 is 2.47 bits per heavy atom. The second-order valence-electron chi connectivity index (χ2n) is 3.83. The number of carbonyl (C=O) groups is 1. The molecule has 0 saturated carbocycles. The Morgan fingerprint density at radius 2 is 1.79 bits per heavy atom. The fraction of sp³-hybridized carbons (Fsp3) is 0.0714. The smallest absolute Gasteiger partial charge is 0.165 e. The quantitative estimate of drug-likeness (QED) is 0.792. The summed E-state index contributed by atoms with van der Waals surface area (Å²) in [6, 6.07) is 6.57. The maximum atomic E-state index is 13.5. The summed E-state index contributed by atoms with van der Waals surface area (Å²) in [5.41, 5.74) is 0.153. The average Bonchev–Trinajstić information content (AvgIpc) is 2.40. The standard InChI is InChI=1S/C14H9F3O2/c15-11-2-3-12(16)10(6-11)8-19-14-4-1-9(7-18)5-13(14)17/h1-7H,8H2. The van der Waals surface area contributed by atoms with Crippen LogP contribution in [0.2, 0.25) is 0 Å². The minimum atomic E-state index is -0.735. The van der Waals surface area contributed by atoms with E-state index in [0.29, 0.717) is 6.29 Å². The van der Waals surface area contributed by atoms with E-state index < -0.39 is 17.5 Å². The molecule has 0 unspecified atom stereocenters. The first-order chi connectivity index (χ1) is 9.10. The molecule has 0 fully saturated rings. The Bertz CT molecular complexity index is 612. The zero-order valence-corrected chi connectivity index (χ0v) is 9.70. The number of benzene rings is 2. The molecule has 0 bridgehead atoms. The van der Waals surface area contributed by atoms with Crippen molar-refractivity contribution in [3.8, 4) is 5.75 Å². The third-order valence-corrected chi connectivity index (χ3v) is 2.48. The molecular weight excluding hydrogens is 257 g/mol. The SMILES string of the molecule is O=Cc1ccc(OCc2cc(F)ccc2F)c(F)c1. The van der Waals surface area contributed by atoms with Gasteiger partial charge >= 0.3 is 0 Å². The highest BCUT2D eigenvalue weighted by Gasteiger charge is 2.08. The van der Waals surface area contributed by atoms with E-state index in [-0.39, 0.29) is 23.5 Å². The molecule has 0 aliphatic carbocycles. The third-order valence-electron chi connectivity index (χ3n) is 2.48. The Hall–Kier alpha value is -2.30. The molecule has 0 heterocycles. The van der Waals surface area contributed by atoms with Gasteiger partial charge in [-0.2, -0.15) is 0 Å². The van der Waals surface area contributed by atoms with E-state index in [0.717, 1.165) is 24.3 Å². The number of aldehydes is 1. The summed E-state index contributed by atoms with van der Waals surface area (Å²) in [6.07, 6.45) is 0.499. The van der Waals surface area contributed by atoms with E-state index in [1.807, 2.05) is 0 Å². The summed E-state index contributed by atoms with van der Waals surface area (Å²) in [5.74, 6) is -2.10. The van der Waals surface area contributed by atoms with E-state index in [9.17, 15) is 18.0 Å². The molecule has 0 amide bonds. The molecule has 0 atom stereocenters. The second-order valence-corrected chi connectivity index (χ2v) is 3.83. The van der Waals surface area contributed by atoms with Crippen LogP contribution in [-0.2, 0) is 6.61 Å². The lowest BCUT2D eigenvalue weighted by atomic mass is 10.2. The summed E-state index contributed by atoms with van der Waals surface area (Å²) in [4.78, 5) is 10.4. The van der Waals surface area contributed by atoms with Gasteiger partial charge in [0, 0.05) is 11.1 Å². The molecule has 0 radical (unpaired) electrons. The molecule has 0 aromatic heterocycles. The molecule has 2 rings (SSSR count). The lowest BCUT2D eigenvalue weighted by Gasteiger charge is -2.08. The molecule has 5 heteroatoms. The van der Waals surface area contributed by atoms with Crippen LogP contribution < -0.4 is 4.74 Å². The van der Waals surface area contributed by atoms with E-state index >= 15 is 0 Å². The number of halogens is 3. The summed E-state index contributed by atoms with van der Waals surface area (Å²) in [7, 11) is 0. The molecule has 0 spiro atoms. The van der Waals surface area contributed by atoms with Crippen molar-refractivity contribution in [2.45, 2.75) is 6.61 Å². The fourth-order valence-electron chi connectivity index (χ4n) is 1.52. The molecule has 2 aromatic carbocycles. The minimum Gasteiger partial charge on any atom is -0.486 e. The van der Waals surface area contributed by atoms with Crippen LogP contribution in [0.15, 0.2) is 36.4 Å². The van der Waals surface area contributed by atoms with Gasteiger partial charge in [-0.25, -0.2) is 13.2 Å². The number of carbonyl (C=O) groups excluding carboxylic acids is 1. The van der Waals surface area contributed by atoms with E-state index in [2.05, 4.69) is 0 Å². The maximum absolute atomic E-state index is 13.5. The summed E-state index contributed by atoms with van der Waals surface area (Å²) >= 11 is 0. The van der Waals surface area contributed by atoms with Crippen LogP contribution in [0.5, 0.6) is 5.75 Å². The van der Waals surface area contributed by atoms with Gasteiger partial charge in [0.05, 0.1) is 0 Å². The van der Waals surface area contributed by atoms with E-state index in [1.165, 1.54) is 12.1 Å². The molecular formula is C14H9F3O2. The Kier molecular flexibility index (Phi) is 3.85. The van der Waals surface area contributed by atoms with Gasteiger partial charge in [-0.05, 0) is 36.4 Å². The molecule has 0 aliphatic heterocycles. The average molecular weight is 266 g/mol. The molecule has 2 nitrogen and oxygen atoms in total. The van der Waals surface area contributed by atoms with Gasteiger partial charge in [0.15, 0.2) is 11.6 Å². The van der Waals surface area contributed by atoms with Crippen molar-refractivity contribution in [2.24, 2.45) is 0 Å². The normalized spacial score (nSPS) is 10.3. The predicted molar refractivity (Wildman–Crippen MR) is 62.5 cm³/mol. The number of ether oxygens (including phenoxy) is 1. The van der Waals surface area contributed by atoms with Crippen molar-refractivity contribution in [3.63, 3.8) is 0 Å². The third kappa shape index (κ3) is 3.13. The zero-order chi connectivity index (χ0) is 13.8. The molecule has 2 aromatic rings. The topological polar surface area (TPSA) is 26.3 Å². The van der Waals surface area contributed by atoms with Crippen molar-refractivity contribution in [1.82, 2.24) is 0 Å². The van der Waals surface area contributed by atoms with Gasteiger partial charge in [0.2, 0.25) is 0 Å². The lowest BCUT2D eigenvalue weighted by molar-refractivity contribution is 0.112. The van der Waals surface area contributed by atoms with Crippen molar-refractivity contribution in [2.75, 3.05) is 0 Å². The monoisotopic (exact) mass is 266 g/mol. The largest absolute Gasteiger partial charge is 0.486 e. The number of rotatable bonds is 4. The Labute approximate surface area is 107 Å². The molecule has 19 heavy (non-hydrogen) atoms. The maximum Gasteiger partial charge on any atom is 0.165 e. The van der Waals surface area contributed by atoms with Gasteiger partial charge < -0.3 is 4.74 Å². The molecule has 0 saturated heterocycles. The first-order valence-corrected chi connectivity index (χ1v) is 5.41. The van der Waals surface area contributed by atoms with Gasteiger partial charge in [0.1, 0.15) is 24.5 Å². The van der Waals surface area contributed by atoms with Gasteiger partial charge in [0.25, 0.3) is 0 Å². The van der Waals surface area contributed by atoms with Crippen LogP contribution in [0, 0.1) is 17.5 Å². The first-order valence-electron chi connectivity index (χ1n) is 5.41. The Balaban J connectivity index is 2.14. The van der Waals surface area contributed by atoms with Gasteiger partial charge in [-0.15, -0.1) is 0 Å². The highest BCUT2D eigenvalue weighted by Crippen LogP contribution is 2.20.